The van der Waals surface area contributed by atoms with Crippen LogP contribution in [0.4, 0.5) is 4.79 Å². The van der Waals surface area contributed by atoms with Crippen LogP contribution in [0, 0.1) is 0 Å². The molecule has 0 aliphatic carbocycles. The quantitative estimate of drug-likeness (QED) is 0.521. The summed E-state index contributed by atoms with van der Waals surface area (Å²) in [6.45, 7) is 9.87. The number of hydrogen-bond acceptors (Lipinski definition) is 3. The third-order valence-corrected chi connectivity index (χ3v) is 6.15. The Morgan fingerprint density at radius 3 is 2.07 bits per heavy atom. The predicted molar refractivity (Wildman–Crippen MR) is 118 cm³/mol. The van der Waals surface area contributed by atoms with Crippen LogP contribution in [0.2, 0.25) is 0 Å². The molecule has 158 valence electrons. The van der Waals surface area contributed by atoms with Crippen LogP contribution >= 0.6 is 0 Å². The minimum atomic E-state index is -1.17. The number of nitrogens with one attached hydrogen (secondary N) is 1. The molecular formula is C25H30N2O3. The number of hydrogen-bond donors (Lipinski definition) is 1. The summed E-state index contributed by atoms with van der Waals surface area (Å²) in [5, 5.41) is 2.77. The fourth-order valence-electron chi connectivity index (χ4n) is 3.71. The van der Waals surface area contributed by atoms with Gasteiger partial charge in [-0.1, -0.05) is 76.2 Å². The van der Waals surface area contributed by atoms with Gasteiger partial charge in [0.25, 0.3) is 5.91 Å². The van der Waals surface area contributed by atoms with E-state index in [9.17, 15) is 14.4 Å². The van der Waals surface area contributed by atoms with E-state index in [-0.39, 0.29) is 12.3 Å². The Balaban J connectivity index is 1.76. The summed E-state index contributed by atoms with van der Waals surface area (Å²) in [6.07, 6.45) is 1.02. The monoisotopic (exact) mass is 406 g/mol. The first-order valence-electron chi connectivity index (χ1n) is 10.5. The molecule has 1 saturated heterocycles. The number of Topliss-reactive ketones (excluding diaryl/α,β-unsaturated/α-hetero) is 1. The maximum Gasteiger partial charge on any atom is 0.325 e. The van der Waals surface area contributed by atoms with Gasteiger partial charge in [-0.25, -0.2) is 4.79 Å². The molecule has 1 aliphatic heterocycles. The standard InChI is InChI=1S/C25H30N2O3/c1-6-17(4)19-7-9-20(10-8-19)22(28)15-27-23(29)25(5,26-24(27)30)21-13-11-18(12-14-21)16(2)3/h7-14,16-17H,6,15H2,1-5H3,(H,26,30). The van der Waals surface area contributed by atoms with E-state index in [4.69, 9.17) is 0 Å². The number of urea groups is 1. The molecule has 3 rings (SSSR count). The third-order valence-electron chi connectivity index (χ3n) is 6.15. The van der Waals surface area contributed by atoms with Gasteiger partial charge >= 0.3 is 6.03 Å². The van der Waals surface area contributed by atoms with Crippen molar-refractivity contribution in [2.45, 2.75) is 58.4 Å². The van der Waals surface area contributed by atoms with E-state index in [0.29, 0.717) is 23.0 Å². The van der Waals surface area contributed by atoms with Crippen molar-refractivity contribution < 1.29 is 14.4 Å². The molecule has 2 aromatic rings. The number of ketones is 1. The van der Waals surface area contributed by atoms with E-state index in [1.165, 1.54) is 5.56 Å². The lowest BCUT2D eigenvalue weighted by Gasteiger charge is -2.22. The summed E-state index contributed by atoms with van der Waals surface area (Å²) in [7, 11) is 0. The van der Waals surface area contributed by atoms with Crippen molar-refractivity contribution in [3.8, 4) is 0 Å². The summed E-state index contributed by atoms with van der Waals surface area (Å²) < 4.78 is 0. The zero-order chi connectivity index (χ0) is 22.1. The highest BCUT2D eigenvalue weighted by Gasteiger charge is 2.49. The third kappa shape index (κ3) is 4.02. The number of imide groups is 1. The summed E-state index contributed by atoms with van der Waals surface area (Å²) in [5.74, 6) is 0.132. The summed E-state index contributed by atoms with van der Waals surface area (Å²) in [5.41, 5.74) is 2.36. The Morgan fingerprint density at radius 1 is 0.967 bits per heavy atom. The molecule has 0 spiro atoms. The maximum absolute atomic E-state index is 13.1. The fourth-order valence-corrected chi connectivity index (χ4v) is 3.71. The topological polar surface area (TPSA) is 66.5 Å². The molecule has 1 aliphatic rings. The molecule has 2 atom stereocenters. The van der Waals surface area contributed by atoms with Crippen molar-refractivity contribution >= 4 is 17.7 Å². The van der Waals surface area contributed by atoms with Gasteiger partial charge in [0.2, 0.25) is 0 Å². The van der Waals surface area contributed by atoms with Crippen molar-refractivity contribution in [1.29, 1.82) is 0 Å². The molecule has 1 heterocycles. The van der Waals surface area contributed by atoms with Crippen molar-refractivity contribution in [2.75, 3.05) is 6.54 Å². The maximum atomic E-state index is 13.1. The molecule has 2 unspecified atom stereocenters. The average molecular weight is 407 g/mol. The summed E-state index contributed by atoms with van der Waals surface area (Å²) in [6, 6.07) is 14.5. The normalized spacial score (nSPS) is 19.9. The molecular weight excluding hydrogens is 376 g/mol. The molecule has 3 amide bonds. The van der Waals surface area contributed by atoms with Gasteiger partial charge in [-0.2, -0.15) is 0 Å². The van der Waals surface area contributed by atoms with Crippen LogP contribution in [0.1, 0.15) is 79.9 Å². The highest BCUT2D eigenvalue weighted by Crippen LogP contribution is 2.30. The number of amides is 3. The largest absolute Gasteiger partial charge is 0.325 e. The van der Waals surface area contributed by atoms with Gasteiger partial charge in [-0.05, 0) is 41.9 Å². The molecule has 0 radical (unpaired) electrons. The Hall–Kier alpha value is -2.95. The molecule has 1 N–H and O–H groups in total. The molecule has 1 fully saturated rings. The van der Waals surface area contributed by atoms with Gasteiger partial charge in [0.15, 0.2) is 5.78 Å². The molecule has 5 nitrogen and oxygen atoms in total. The number of rotatable bonds is 7. The van der Waals surface area contributed by atoms with E-state index in [0.717, 1.165) is 16.9 Å². The van der Waals surface area contributed by atoms with Crippen LogP contribution < -0.4 is 5.32 Å². The van der Waals surface area contributed by atoms with Gasteiger partial charge in [-0.15, -0.1) is 0 Å². The smallest absolute Gasteiger partial charge is 0.319 e. The molecule has 5 heteroatoms. The number of benzene rings is 2. The molecule has 0 bridgehead atoms. The van der Waals surface area contributed by atoms with Crippen LogP contribution in [0.25, 0.3) is 0 Å². The minimum Gasteiger partial charge on any atom is -0.319 e. The van der Waals surface area contributed by atoms with Crippen LogP contribution in [0.15, 0.2) is 48.5 Å². The van der Waals surface area contributed by atoms with E-state index in [1.54, 1.807) is 19.1 Å². The van der Waals surface area contributed by atoms with Crippen LogP contribution in [0.3, 0.4) is 0 Å². The zero-order valence-corrected chi connectivity index (χ0v) is 18.4. The van der Waals surface area contributed by atoms with Crippen LogP contribution in [-0.4, -0.2) is 29.2 Å². The molecule has 2 aromatic carbocycles. The van der Waals surface area contributed by atoms with Crippen LogP contribution in [-0.2, 0) is 10.3 Å². The van der Waals surface area contributed by atoms with E-state index >= 15 is 0 Å². The van der Waals surface area contributed by atoms with Crippen molar-refractivity contribution in [1.82, 2.24) is 10.2 Å². The van der Waals surface area contributed by atoms with Gasteiger partial charge in [0, 0.05) is 5.56 Å². The second-order valence-corrected chi connectivity index (χ2v) is 8.58. The number of carbonyl (C=O) groups is 3. The highest BCUT2D eigenvalue weighted by molar-refractivity contribution is 6.11. The van der Waals surface area contributed by atoms with Crippen LogP contribution in [0.5, 0.6) is 0 Å². The Bertz CT molecular complexity index is 947. The van der Waals surface area contributed by atoms with Crippen molar-refractivity contribution in [3.05, 3.63) is 70.8 Å². The molecule has 0 aromatic heterocycles. The predicted octanol–water partition coefficient (Wildman–Crippen LogP) is 4.97. The SMILES string of the molecule is CCC(C)c1ccc(C(=O)CN2C(=O)NC(C)(c3ccc(C(C)C)cc3)C2=O)cc1. The Labute approximate surface area is 178 Å². The van der Waals surface area contributed by atoms with Crippen molar-refractivity contribution in [2.24, 2.45) is 0 Å². The first-order valence-corrected chi connectivity index (χ1v) is 10.5. The van der Waals surface area contributed by atoms with E-state index in [2.05, 4.69) is 33.0 Å². The Kier molecular flexibility index (Phi) is 6.11. The van der Waals surface area contributed by atoms with Gasteiger partial charge in [0.05, 0.1) is 6.54 Å². The summed E-state index contributed by atoms with van der Waals surface area (Å²) >= 11 is 0. The van der Waals surface area contributed by atoms with E-state index in [1.807, 2.05) is 36.4 Å². The second-order valence-electron chi connectivity index (χ2n) is 8.58. The Morgan fingerprint density at radius 2 is 1.53 bits per heavy atom. The lowest BCUT2D eigenvalue weighted by Crippen LogP contribution is -2.41. The lowest BCUT2D eigenvalue weighted by atomic mass is 9.90. The summed E-state index contributed by atoms with van der Waals surface area (Å²) in [4.78, 5) is 39.4. The zero-order valence-electron chi connectivity index (χ0n) is 18.4. The van der Waals surface area contributed by atoms with Gasteiger partial charge in [-0.3, -0.25) is 14.5 Å². The fraction of sp³-hybridized carbons (Fsp3) is 0.400. The second kappa shape index (κ2) is 8.42. The van der Waals surface area contributed by atoms with Gasteiger partial charge < -0.3 is 5.32 Å². The minimum absolute atomic E-state index is 0.256. The van der Waals surface area contributed by atoms with Crippen molar-refractivity contribution in [3.63, 3.8) is 0 Å². The van der Waals surface area contributed by atoms with E-state index < -0.39 is 17.5 Å². The highest BCUT2D eigenvalue weighted by atomic mass is 16.2. The molecule has 30 heavy (non-hydrogen) atoms. The van der Waals surface area contributed by atoms with Gasteiger partial charge in [0.1, 0.15) is 5.54 Å². The first-order chi connectivity index (χ1) is 14.2. The first kappa shape index (κ1) is 21.8. The molecule has 0 saturated carbocycles. The number of carbonyl (C=O) groups excluding carboxylic acids is 3. The lowest BCUT2D eigenvalue weighted by molar-refractivity contribution is -0.130. The average Bonchev–Trinajstić information content (AvgIpc) is 2.97. The number of nitrogens with zero attached hydrogens (tertiary/aromatic N) is 1.